The van der Waals surface area contributed by atoms with Gasteiger partial charge in [0, 0.05) is 17.1 Å². The molecule has 0 N–H and O–H groups in total. The smallest absolute Gasteiger partial charge is 0.181 e. The van der Waals surface area contributed by atoms with Crippen LogP contribution in [0, 0.1) is 0 Å². The van der Waals surface area contributed by atoms with Gasteiger partial charge in [-0.3, -0.25) is 0 Å². The molecule has 300 valence electrons. The zero-order chi connectivity index (χ0) is 42.5. The molecular weight excluding hydrogens is 787 g/mol. The Kier molecular flexibility index (Phi) is 9.25. The van der Waals surface area contributed by atoms with Gasteiger partial charge in [0.2, 0.25) is 0 Å². The third kappa shape index (κ3) is 6.14. The van der Waals surface area contributed by atoms with Crippen LogP contribution >= 0.6 is 0 Å². The molecule has 1 nitrogen and oxygen atoms in total. The monoisotopic (exact) mass is 829 g/mol. The van der Waals surface area contributed by atoms with Crippen LogP contribution in [0.25, 0.3) is 66.1 Å². The molecule has 0 amide bonds. The van der Waals surface area contributed by atoms with E-state index in [0.717, 1.165) is 17.1 Å². The van der Waals surface area contributed by atoms with Crippen LogP contribution in [0.15, 0.2) is 261 Å². The van der Waals surface area contributed by atoms with E-state index in [-0.39, 0.29) is 0 Å². The van der Waals surface area contributed by atoms with Gasteiger partial charge in [0.25, 0.3) is 0 Å². The van der Waals surface area contributed by atoms with Crippen LogP contribution in [0.2, 0.25) is 0 Å². The molecule has 0 saturated carbocycles. The number of anilines is 3. The summed E-state index contributed by atoms with van der Waals surface area (Å²) < 4.78 is 0. The normalized spacial score (nSPS) is 12.5. The molecule has 64 heavy (non-hydrogen) atoms. The molecule has 0 radical (unpaired) electrons. The Morgan fingerprint density at radius 3 is 1.34 bits per heavy atom. The Bertz CT molecular complexity index is 3410. The van der Waals surface area contributed by atoms with Crippen LogP contribution in [-0.4, -0.2) is 8.07 Å². The van der Waals surface area contributed by atoms with Gasteiger partial charge >= 0.3 is 0 Å². The number of nitrogens with zero attached hydrogens (tertiary/aromatic N) is 1. The average molecular weight is 830 g/mol. The van der Waals surface area contributed by atoms with Crippen molar-refractivity contribution in [3.05, 3.63) is 261 Å². The number of hydrogen-bond donors (Lipinski definition) is 0. The van der Waals surface area contributed by atoms with Gasteiger partial charge in [-0.1, -0.05) is 224 Å². The van der Waals surface area contributed by atoms with Crippen molar-refractivity contribution in [2.24, 2.45) is 0 Å². The summed E-state index contributed by atoms with van der Waals surface area (Å²) in [6.07, 6.45) is 0. The van der Waals surface area contributed by atoms with Crippen molar-refractivity contribution >= 4 is 67.4 Å². The van der Waals surface area contributed by atoms with E-state index >= 15 is 0 Å². The van der Waals surface area contributed by atoms with Crippen LogP contribution in [0.5, 0.6) is 0 Å². The molecule has 0 saturated heterocycles. The fraction of sp³-hybridized carbons (Fsp3) is 0. The summed E-state index contributed by atoms with van der Waals surface area (Å²) in [7, 11) is -2.77. The average Bonchev–Trinajstić information content (AvgIpc) is 3.69. The molecule has 0 aromatic heterocycles. The second kappa shape index (κ2) is 15.7. The second-order valence-electron chi connectivity index (χ2n) is 16.8. The lowest BCUT2D eigenvalue weighted by molar-refractivity contribution is 1.29. The van der Waals surface area contributed by atoms with E-state index < -0.39 is 8.07 Å². The maximum Gasteiger partial charge on any atom is 0.181 e. The van der Waals surface area contributed by atoms with Crippen LogP contribution < -0.4 is 25.6 Å². The molecule has 0 spiro atoms. The van der Waals surface area contributed by atoms with Crippen molar-refractivity contribution in [1.82, 2.24) is 0 Å². The maximum atomic E-state index is 2.48. The highest BCUT2D eigenvalue weighted by Gasteiger charge is 2.49. The van der Waals surface area contributed by atoms with Gasteiger partial charge in [-0.2, -0.15) is 0 Å². The van der Waals surface area contributed by atoms with E-state index in [4.69, 9.17) is 0 Å². The van der Waals surface area contributed by atoms with Crippen molar-refractivity contribution in [2.75, 3.05) is 4.90 Å². The van der Waals surface area contributed by atoms with Gasteiger partial charge < -0.3 is 4.90 Å². The van der Waals surface area contributed by atoms with Crippen molar-refractivity contribution in [1.29, 1.82) is 0 Å². The highest BCUT2D eigenvalue weighted by atomic mass is 28.3. The Morgan fingerprint density at radius 1 is 0.281 bits per heavy atom. The third-order valence-corrected chi connectivity index (χ3v) is 18.3. The fourth-order valence-electron chi connectivity index (χ4n) is 10.5. The Hall–Kier alpha value is -8.04. The Labute approximate surface area is 375 Å². The van der Waals surface area contributed by atoms with E-state index in [9.17, 15) is 0 Å². The van der Waals surface area contributed by atoms with Gasteiger partial charge in [-0.25, -0.2) is 0 Å². The first kappa shape index (κ1) is 37.7. The molecular formula is C62H43NSi. The standard InChI is InChI=1S/C62H43NSi/c1-5-17-44(18-6-1)45-31-37-50(38-32-45)63(51-39-33-47(34-40-51)56-29-16-22-49-21-15-28-55(61(49)56)46-19-7-2-8-20-46)52-41-35-48-36-42-58-57-27-13-14-30-60(57)64(62(58)59(48)43-52,53-23-9-3-10-24-53)54-25-11-4-12-26-54/h1-43H. The van der Waals surface area contributed by atoms with E-state index in [0.29, 0.717) is 0 Å². The van der Waals surface area contributed by atoms with E-state index in [1.54, 1.807) is 0 Å². The van der Waals surface area contributed by atoms with E-state index in [1.807, 2.05) is 0 Å². The van der Waals surface area contributed by atoms with E-state index in [1.165, 1.54) is 86.8 Å². The highest BCUT2D eigenvalue weighted by molar-refractivity contribution is 7.23. The Morgan fingerprint density at radius 2 is 0.734 bits per heavy atom. The minimum atomic E-state index is -2.77. The zero-order valence-electron chi connectivity index (χ0n) is 35.3. The molecule has 1 aliphatic heterocycles. The van der Waals surface area contributed by atoms with Crippen LogP contribution in [-0.2, 0) is 0 Å². The summed E-state index contributed by atoms with van der Waals surface area (Å²) in [5, 5.41) is 10.8. The molecule has 0 atom stereocenters. The van der Waals surface area contributed by atoms with Crippen LogP contribution in [0.1, 0.15) is 0 Å². The first-order valence-electron chi connectivity index (χ1n) is 22.2. The quantitative estimate of drug-likeness (QED) is 0.138. The molecule has 12 rings (SSSR count). The molecule has 0 fully saturated rings. The maximum absolute atomic E-state index is 2.77. The number of benzene rings is 11. The van der Waals surface area contributed by atoms with Crippen molar-refractivity contribution in [3.8, 4) is 44.5 Å². The first-order valence-corrected chi connectivity index (χ1v) is 24.2. The Balaban J connectivity index is 1.06. The van der Waals surface area contributed by atoms with Gasteiger partial charge in [0.1, 0.15) is 0 Å². The summed E-state index contributed by atoms with van der Waals surface area (Å²) in [6, 6.07) is 96.6. The SMILES string of the molecule is c1ccc(-c2ccc(N(c3ccc(-c4cccc5cccc(-c6ccccc6)c45)cc3)c3ccc4ccc5c(c4c3)[Si](c3ccccc3)(c3ccccc3)c3ccccc3-5)cc2)cc1. The first-order chi connectivity index (χ1) is 31.8. The minimum absolute atomic E-state index is 1.10. The molecule has 11 aromatic carbocycles. The summed E-state index contributed by atoms with van der Waals surface area (Å²) in [4.78, 5) is 2.44. The molecule has 0 aliphatic carbocycles. The molecule has 11 aromatic rings. The van der Waals surface area contributed by atoms with E-state index in [2.05, 4.69) is 266 Å². The lowest BCUT2D eigenvalue weighted by atomic mass is 9.91. The highest BCUT2D eigenvalue weighted by Crippen LogP contribution is 2.42. The molecule has 1 aliphatic rings. The van der Waals surface area contributed by atoms with Gasteiger partial charge in [0.05, 0.1) is 0 Å². The summed E-state index contributed by atoms with van der Waals surface area (Å²) >= 11 is 0. The predicted octanol–water partition coefficient (Wildman–Crippen LogP) is 13.8. The third-order valence-electron chi connectivity index (χ3n) is 13.3. The summed E-state index contributed by atoms with van der Waals surface area (Å²) in [6.45, 7) is 0. The lowest BCUT2D eigenvalue weighted by Crippen LogP contribution is -2.73. The summed E-state index contributed by atoms with van der Waals surface area (Å²) in [5.74, 6) is 0. The van der Waals surface area contributed by atoms with Crippen LogP contribution in [0.3, 0.4) is 0 Å². The number of hydrogen-bond acceptors (Lipinski definition) is 1. The fourth-order valence-corrected chi connectivity index (χ4v) is 15.9. The van der Waals surface area contributed by atoms with Crippen molar-refractivity contribution < 1.29 is 0 Å². The lowest BCUT2D eigenvalue weighted by Gasteiger charge is -2.32. The summed E-state index contributed by atoms with van der Waals surface area (Å²) in [5.41, 5.74) is 13.3. The number of fused-ring (bicyclic) bond motifs is 6. The number of rotatable bonds is 8. The van der Waals surface area contributed by atoms with Crippen molar-refractivity contribution in [2.45, 2.75) is 0 Å². The predicted molar refractivity (Wildman–Crippen MR) is 275 cm³/mol. The van der Waals surface area contributed by atoms with Gasteiger partial charge in [-0.05, 0) is 123 Å². The van der Waals surface area contributed by atoms with Crippen molar-refractivity contribution in [3.63, 3.8) is 0 Å². The topological polar surface area (TPSA) is 3.24 Å². The zero-order valence-corrected chi connectivity index (χ0v) is 36.3. The molecule has 0 bridgehead atoms. The largest absolute Gasteiger partial charge is 0.310 e. The second-order valence-corrected chi connectivity index (χ2v) is 20.5. The molecule has 0 unspecified atom stereocenters. The minimum Gasteiger partial charge on any atom is -0.310 e. The van der Waals surface area contributed by atoms with Gasteiger partial charge in [-0.15, -0.1) is 0 Å². The van der Waals surface area contributed by atoms with Gasteiger partial charge in [0.15, 0.2) is 8.07 Å². The van der Waals surface area contributed by atoms with Crippen LogP contribution in [0.4, 0.5) is 17.1 Å². The molecule has 1 heterocycles. The molecule has 2 heteroatoms.